The molecule has 0 aliphatic rings. The van der Waals surface area contributed by atoms with Gasteiger partial charge in [-0.1, -0.05) is 68.4 Å². The van der Waals surface area contributed by atoms with E-state index >= 15 is 0 Å². The van der Waals surface area contributed by atoms with Gasteiger partial charge < -0.3 is 23.9 Å². The Balaban J connectivity index is 1.23. The van der Waals surface area contributed by atoms with Gasteiger partial charge in [0, 0.05) is 17.5 Å². The zero-order chi connectivity index (χ0) is 30.4. The highest BCUT2D eigenvalue weighted by Gasteiger charge is 2.23. The lowest BCUT2D eigenvalue weighted by Crippen LogP contribution is -2.18. The van der Waals surface area contributed by atoms with Crippen LogP contribution in [0.25, 0.3) is 0 Å². The Morgan fingerprint density at radius 2 is 1.51 bits per heavy atom. The summed E-state index contributed by atoms with van der Waals surface area (Å²) in [5, 5.41) is 14.2. The third-order valence-electron chi connectivity index (χ3n) is 6.99. The molecule has 0 fully saturated rings. The number of anilines is 1. The summed E-state index contributed by atoms with van der Waals surface area (Å²) in [5.74, 6) is 1.53. The average Bonchev–Trinajstić information content (AvgIpc) is 3.50. The maximum atomic E-state index is 12.9. The van der Waals surface area contributed by atoms with Crippen LogP contribution in [0.5, 0.6) is 23.0 Å². The second-order valence-corrected chi connectivity index (χ2v) is 10.2. The van der Waals surface area contributed by atoms with Crippen molar-refractivity contribution in [2.45, 2.75) is 25.9 Å². The molecule has 43 heavy (non-hydrogen) atoms. The Labute approximate surface area is 248 Å². The maximum absolute atomic E-state index is 12.9. The molecule has 0 atom stereocenters. The Morgan fingerprint density at radius 3 is 2.21 bits per heavy atom. The van der Waals surface area contributed by atoms with Crippen molar-refractivity contribution in [1.29, 1.82) is 0 Å². The SMILES string of the molecule is COc1ccccc1Oc1cc(NC(=O)c2ccc(COc3ccc(C(C)(C)c4ccccc4)cc3)o2)cc([N+](=O)[O-])c1. The van der Waals surface area contributed by atoms with E-state index in [4.69, 9.17) is 18.6 Å². The van der Waals surface area contributed by atoms with Gasteiger partial charge in [-0.15, -0.1) is 0 Å². The second kappa shape index (κ2) is 12.5. The van der Waals surface area contributed by atoms with Crippen LogP contribution in [0, 0.1) is 10.1 Å². The van der Waals surface area contributed by atoms with Crippen molar-refractivity contribution in [1.82, 2.24) is 0 Å². The molecule has 1 N–H and O–H groups in total. The van der Waals surface area contributed by atoms with Crippen LogP contribution < -0.4 is 19.5 Å². The minimum atomic E-state index is -0.581. The molecular weight excluding hydrogens is 548 g/mol. The summed E-state index contributed by atoms with van der Waals surface area (Å²) in [7, 11) is 1.49. The van der Waals surface area contributed by atoms with Crippen LogP contribution in [0.1, 0.15) is 41.3 Å². The van der Waals surface area contributed by atoms with Gasteiger partial charge in [-0.2, -0.15) is 0 Å². The second-order valence-electron chi connectivity index (χ2n) is 10.2. The Bertz CT molecular complexity index is 1730. The van der Waals surface area contributed by atoms with Gasteiger partial charge in [0.2, 0.25) is 0 Å². The first-order valence-corrected chi connectivity index (χ1v) is 13.5. The minimum Gasteiger partial charge on any atom is -0.493 e. The monoisotopic (exact) mass is 578 g/mol. The number of nitro benzene ring substituents is 1. The molecular formula is C34H30N2O7. The fraction of sp³-hybridized carbons (Fsp3) is 0.147. The van der Waals surface area contributed by atoms with Crippen molar-refractivity contribution < 1.29 is 28.3 Å². The smallest absolute Gasteiger partial charge is 0.291 e. The fourth-order valence-corrected chi connectivity index (χ4v) is 4.56. The van der Waals surface area contributed by atoms with E-state index in [1.165, 1.54) is 36.9 Å². The van der Waals surface area contributed by atoms with Crippen molar-refractivity contribution >= 4 is 17.3 Å². The van der Waals surface area contributed by atoms with Gasteiger partial charge in [0.1, 0.15) is 23.9 Å². The largest absolute Gasteiger partial charge is 0.493 e. The number of para-hydroxylation sites is 2. The summed E-state index contributed by atoms with van der Waals surface area (Å²) in [4.78, 5) is 23.9. The molecule has 0 unspecified atom stereocenters. The number of nitrogens with one attached hydrogen (secondary N) is 1. The number of non-ortho nitro benzene ring substituents is 1. The van der Waals surface area contributed by atoms with Crippen molar-refractivity contribution in [3.05, 3.63) is 142 Å². The number of hydrogen-bond acceptors (Lipinski definition) is 7. The molecule has 9 heteroatoms. The number of methoxy groups -OCH3 is 1. The first-order valence-electron chi connectivity index (χ1n) is 13.5. The number of ether oxygens (including phenoxy) is 3. The van der Waals surface area contributed by atoms with Crippen molar-refractivity contribution in [3.8, 4) is 23.0 Å². The molecule has 0 spiro atoms. The highest BCUT2D eigenvalue weighted by Crippen LogP contribution is 2.35. The van der Waals surface area contributed by atoms with E-state index in [-0.39, 0.29) is 34.9 Å². The zero-order valence-corrected chi connectivity index (χ0v) is 23.9. The Hall–Kier alpha value is -5.57. The van der Waals surface area contributed by atoms with Crippen LogP contribution in [0.15, 0.2) is 114 Å². The summed E-state index contributed by atoms with van der Waals surface area (Å²) in [6.07, 6.45) is 0. The molecule has 0 saturated heterocycles. The lowest BCUT2D eigenvalue weighted by atomic mass is 9.78. The lowest BCUT2D eigenvalue weighted by Gasteiger charge is -2.26. The van der Waals surface area contributed by atoms with E-state index < -0.39 is 10.8 Å². The van der Waals surface area contributed by atoms with E-state index in [9.17, 15) is 14.9 Å². The van der Waals surface area contributed by atoms with Crippen LogP contribution >= 0.6 is 0 Å². The standard InChI is InChI=1S/C34H30N2O7/c1-34(2,23-9-5-4-6-10-23)24-13-15-27(16-14-24)41-22-28-17-18-32(42-28)33(37)35-25-19-26(36(38)39)21-29(20-25)43-31-12-8-7-11-30(31)40-3/h4-21H,22H2,1-3H3,(H,35,37). The topological polar surface area (TPSA) is 113 Å². The highest BCUT2D eigenvalue weighted by molar-refractivity contribution is 6.02. The molecule has 1 aromatic heterocycles. The summed E-state index contributed by atoms with van der Waals surface area (Å²) < 4.78 is 22.7. The number of hydrogen-bond donors (Lipinski definition) is 1. The molecule has 1 amide bonds. The van der Waals surface area contributed by atoms with Crippen LogP contribution in [0.2, 0.25) is 0 Å². The molecule has 0 radical (unpaired) electrons. The van der Waals surface area contributed by atoms with Gasteiger partial charge >= 0.3 is 0 Å². The molecule has 218 valence electrons. The Morgan fingerprint density at radius 1 is 0.837 bits per heavy atom. The number of amides is 1. The van der Waals surface area contributed by atoms with E-state index in [1.807, 2.05) is 42.5 Å². The van der Waals surface area contributed by atoms with Crippen LogP contribution in [-0.4, -0.2) is 17.9 Å². The number of nitrogens with zero attached hydrogens (tertiary/aromatic N) is 1. The van der Waals surface area contributed by atoms with Crippen LogP contribution in [0.3, 0.4) is 0 Å². The summed E-state index contributed by atoms with van der Waals surface area (Å²) in [5.41, 5.74) is 2.12. The number of nitro groups is 1. The summed E-state index contributed by atoms with van der Waals surface area (Å²) >= 11 is 0. The molecule has 5 rings (SSSR count). The van der Waals surface area contributed by atoms with Crippen molar-refractivity contribution in [3.63, 3.8) is 0 Å². The van der Waals surface area contributed by atoms with Gasteiger partial charge in [0.05, 0.1) is 23.8 Å². The molecule has 4 aromatic carbocycles. The van der Waals surface area contributed by atoms with Crippen LogP contribution in [-0.2, 0) is 12.0 Å². The number of furan rings is 1. The average molecular weight is 579 g/mol. The molecule has 0 bridgehead atoms. The van der Waals surface area contributed by atoms with Gasteiger partial charge in [-0.05, 0) is 47.5 Å². The first kappa shape index (κ1) is 28.9. The Kier molecular flexibility index (Phi) is 8.43. The normalized spacial score (nSPS) is 11.0. The van der Waals surface area contributed by atoms with Crippen molar-refractivity contribution in [2.75, 3.05) is 12.4 Å². The van der Waals surface area contributed by atoms with Gasteiger partial charge in [-0.25, -0.2) is 0 Å². The number of carbonyl (C=O) groups excluding carboxylic acids is 1. The first-order chi connectivity index (χ1) is 20.7. The minimum absolute atomic E-state index is 0.0252. The fourth-order valence-electron chi connectivity index (χ4n) is 4.56. The van der Waals surface area contributed by atoms with E-state index in [2.05, 4.69) is 31.3 Å². The van der Waals surface area contributed by atoms with Crippen molar-refractivity contribution in [2.24, 2.45) is 0 Å². The maximum Gasteiger partial charge on any atom is 0.291 e. The third kappa shape index (κ3) is 6.84. The third-order valence-corrected chi connectivity index (χ3v) is 6.99. The van der Waals surface area contributed by atoms with E-state index in [1.54, 1.807) is 30.3 Å². The lowest BCUT2D eigenvalue weighted by molar-refractivity contribution is -0.384. The molecule has 0 aliphatic heterocycles. The summed E-state index contributed by atoms with van der Waals surface area (Å²) in [6, 6.07) is 32.2. The van der Waals surface area contributed by atoms with Gasteiger partial charge in [-0.3, -0.25) is 14.9 Å². The molecule has 1 heterocycles. The molecule has 9 nitrogen and oxygen atoms in total. The highest BCUT2D eigenvalue weighted by atomic mass is 16.6. The molecule has 5 aromatic rings. The predicted molar refractivity (Wildman–Crippen MR) is 162 cm³/mol. The zero-order valence-electron chi connectivity index (χ0n) is 23.9. The predicted octanol–water partition coefficient (Wildman–Crippen LogP) is 8.15. The molecule has 0 aliphatic carbocycles. The van der Waals surface area contributed by atoms with E-state index in [0.29, 0.717) is 23.0 Å². The van der Waals surface area contributed by atoms with E-state index in [0.717, 1.165) is 5.56 Å². The molecule has 0 saturated carbocycles. The number of benzene rings is 4. The number of carbonyl (C=O) groups is 1. The summed E-state index contributed by atoms with van der Waals surface area (Å²) in [6.45, 7) is 4.47. The van der Waals surface area contributed by atoms with Crippen LogP contribution in [0.4, 0.5) is 11.4 Å². The van der Waals surface area contributed by atoms with Gasteiger partial charge in [0.15, 0.2) is 17.3 Å². The number of rotatable bonds is 11. The quantitative estimate of drug-likeness (QED) is 0.124. The van der Waals surface area contributed by atoms with Gasteiger partial charge in [0.25, 0.3) is 11.6 Å².